The van der Waals surface area contributed by atoms with Crippen molar-refractivity contribution in [2.75, 3.05) is 33.3 Å². The first-order chi connectivity index (χ1) is 15.0. The number of pyridine rings is 1. The molecule has 1 amide bonds. The van der Waals surface area contributed by atoms with Gasteiger partial charge in [-0.1, -0.05) is 11.8 Å². The molecular formula is C19H22N6O5S. The van der Waals surface area contributed by atoms with Gasteiger partial charge in [-0.05, 0) is 22.6 Å². The number of hydrogen-bond donors (Lipinski definition) is 1. The van der Waals surface area contributed by atoms with Gasteiger partial charge in [0.2, 0.25) is 5.16 Å². The molecule has 3 rings (SSSR count). The molecule has 2 aromatic heterocycles. The molecule has 0 aliphatic rings. The number of carbonyl (C=O) groups is 1. The molecule has 0 saturated carbocycles. The van der Waals surface area contributed by atoms with Crippen LogP contribution >= 0.6 is 11.8 Å². The number of thioether (sulfide) groups is 1. The number of amides is 1. The second kappa shape index (κ2) is 10.5. The number of carbonyl (C=O) groups excluding carboxylic acids is 1. The summed E-state index contributed by atoms with van der Waals surface area (Å²) in [4.78, 5) is 16.7. The summed E-state index contributed by atoms with van der Waals surface area (Å²) in [6.45, 7) is -0.227. The second-order valence-corrected chi connectivity index (χ2v) is 7.05. The molecule has 0 aliphatic carbocycles. The van der Waals surface area contributed by atoms with Gasteiger partial charge in [0.25, 0.3) is 5.91 Å². The summed E-state index contributed by atoms with van der Waals surface area (Å²) in [7, 11) is 6.33. The number of methoxy groups -OCH3 is 3. The molecule has 2 heterocycles. The first kappa shape index (κ1) is 22.2. The predicted octanol–water partition coefficient (Wildman–Crippen LogP) is 1.94. The molecule has 0 spiro atoms. The summed E-state index contributed by atoms with van der Waals surface area (Å²) in [5.41, 5.74) is 1.23. The number of hydrogen-bond acceptors (Lipinski definition) is 10. The predicted molar refractivity (Wildman–Crippen MR) is 113 cm³/mol. The van der Waals surface area contributed by atoms with Crippen molar-refractivity contribution in [3.05, 3.63) is 36.2 Å². The molecule has 0 unspecified atom stereocenters. The van der Waals surface area contributed by atoms with Crippen molar-refractivity contribution in [1.29, 1.82) is 0 Å². The van der Waals surface area contributed by atoms with Crippen LogP contribution < -0.4 is 24.3 Å². The van der Waals surface area contributed by atoms with E-state index in [0.717, 1.165) is 5.69 Å². The van der Waals surface area contributed by atoms with E-state index < -0.39 is 0 Å². The molecule has 0 bridgehead atoms. The summed E-state index contributed by atoms with van der Waals surface area (Å²) >= 11 is 1.43. The molecule has 11 nitrogen and oxygen atoms in total. The number of nitrogens with one attached hydrogen (secondary N) is 1. The van der Waals surface area contributed by atoms with Gasteiger partial charge in [-0.25, -0.2) is 4.68 Å². The van der Waals surface area contributed by atoms with E-state index in [1.54, 1.807) is 49.3 Å². The van der Waals surface area contributed by atoms with Gasteiger partial charge in [-0.2, -0.15) is 0 Å². The molecule has 0 aliphatic heterocycles. The molecule has 164 valence electrons. The second-order valence-electron chi connectivity index (χ2n) is 6.10. The number of anilines is 1. The average Bonchev–Trinajstić information content (AvgIpc) is 3.21. The highest BCUT2D eigenvalue weighted by atomic mass is 32.2. The fraction of sp³-hybridized carbons (Fsp3) is 0.316. The Morgan fingerprint density at radius 2 is 1.90 bits per heavy atom. The van der Waals surface area contributed by atoms with E-state index in [1.165, 1.54) is 26.0 Å². The summed E-state index contributed by atoms with van der Waals surface area (Å²) in [5.74, 6) is 2.08. The minimum absolute atomic E-state index is 0.227. The van der Waals surface area contributed by atoms with Gasteiger partial charge in [0.15, 0.2) is 18.1 Å². The lowest BCUT2D eigenvalue weighted by atomic mass is 10.2. The lowest BCUT2D eigenvalue weighted by Crippen LogP contribution is -2.20. The largest absolute Gasteiger partial charge is 0.497 e. The number of benzene rings is 1. The fourth-order valence-corrected chi connectivity index (χ4v) is 3.28. The van der Waals surface area contributed by atoms with Gasteiger partial charge in [0.1, 0.15) is 11.5 Å². The van der Waals surface area contributed by atoms with Crippen LogP contribution in [0.25, 0.3) is 0 Å². The maximum absolute atomic E-state index is 12.4. The maximum atomic E-state index is 12.4. The lowest BCUT2D eigenvalue weighted by Gasteiger charge is -2.13. The third kappa shape index (κ3) is 5.75. The van der Waals surface area contributed by atoms with Crippen molar-refractivity contribution in [2.45, 2.75) is 10.9 Å². The summed E-state index contributed by atoms with van der Waals surface area (Å²) in [5, 5.41) is 14.7. The van der Waals surface area contributed by atoms with E-state index in [9.17, 15) is 4.79 Å². The van der Waals surface area contributed by atoms with Crippen LogP contribution in [0.2, 0.25) is 0 Å². The smallest absolute Gasteiger partial charge is 0.262 e. The Morgan fingerprint density at radius 1 is 1.10 bits per heavy atom. The van der Waals surface area contributed by atoms with Crippen LogP contribution in [0.1, 0.15) is 5.69 Å². The van der Waals surface area contributed by atoms with E-state index >= 15 is 0 Å². The number of aromatic nitrogens is 5. The monoisotopic (exact) mass is 446 g/mol. The molecule has 31 heavy (non-hydrogen) atoms. The molecule has 1 N–H and O–H groups in total. The molecule has 0 saturated heterocycles. The van der Waals surface area contributed by atoms with Gasteiger partial charge < -0.3 is 24.3 Å². The van der Waals surface area contributed by atoms with Crippen molar-refractivity contribution >= 4 is 23.4 Å². The average molecular weight is 446 g/mol. The molecular weight excluding hydrogens is 424 g/mol. The third-order valence-electron chi connectivity index (χ3n) is 4.08. The first-order valence-electron chi connectivity index (χ1n) is 9.06. The van der Waals surface area contributed by atoms with Crippen molar-refractivity contribution in [1.82, 2.24) is 25.2 Å². The Hall–Kier alpha value is -3.54. The fourth-order valence-electron chi connectivity index (χ4n) is 2.52. The van der Waals surface area contributed by atoms with Crippen molar-refractivity contribution in [3.63, 3.8) is 0 Å². The van der Waals surface area contributed by atoms with E-state index in [-0.39, 0.29) is 12.5 Å². The number of tetrazole rings is 1. The zero-order chi connectivity index (χ0) is 22.2. The Bertz CT molecular complexity index is 1040. The quantitative estimate of drug-likeness (QED) is 0.462. The highest BCUT2D eigenvalue weighted by Gasteiger charge is 2.13. The van der Waals surface area contributed by atoms with Crippen LogP contribution in [0, 0.1) is 0 Å². The van der Waals surface area contributed by atoms with E-state index in [4.69, 9.17) is 18.9 Å². The molecule has 12 heteroatoms. The van der Waals surface area contributed by atoms with Crippen molar-refractivity contribution in [2.24, 2.45) is 7.05 Å². The van der Waals surface area contributed by atoms with Gasteiger partial charge in [0.05, 0.1) is 38.9 Å². The van der Waals surface area contributed by atoms with Gasteiger partial charge in [-0.3, -0.25) is 9.78 Å². The zero-order valence-electron chi connectivity index (χ0n) is 17.5. The van der Waals surface area contributed by atoms with E-state index in [1.807, 2.05) is 0 Å². The number of ether oxygens (including phenoxy) is 4. The van der Waals surface area contributed by atoms with E-state index in [0.29, 0.717) is 39.6 Å². The Morgan fingerprint density at radius 3 is 2.58 bits per heavy atom. The van der Waals surface area contributed by atoms with Crippen LogP contribution in [0.15, 0.2) is 35.6 Å². The lowest BCUT2D eigenvalue weighted by molar-refractivity contribution is -0.118. The Labute approximate surface area is 183 Å². The minimum Gasteiger partial charge on any atom is -0.497 e. The number of nitrogens with zero attached hydrogens (tertiary/aromatic N) is 5. The Balaban J connectivity index is 1.63. The molecule has 3 aromatic rings. The highest BCUT2D eigenvalue weighted by molar-refractivity contribution is 7.98. The van der Waals surface area contributed by atoms with Crippen LogP contribution in [-0.4, -0.2) is 59.0 Å². The molecule has 0 radical (unpaired) electrons. The topological polar surface area (TPSA) is 123 Å². The van der Waals surface area contributed by atoms with Crippen molar-refractivity contribution in [3.8, 4) is 23.0 Å². The molecule has 1 aromatic carbocycles. The normalized spacial score (nSPS) is 10.5. The summed E-state index contributed by atoms with van der Waals surface area (Å²) in [6, 6.07) is 6.82. The molecule has 0 fully saturated rings. The van der Waals surface area contributed by atoms with Crippen LogP contribution in [0.4, 0.5) is 5.69 Å². The zero-order valence-corrected chi connectivity index (χ0v) is 18.3. The summed E-state index contributed by atoms with van der Waals surface area (Å²) in [6.07, 6.45) is 1.55. The third-order valence-corrected chi connectivity index (χ3v) is 5.12. The van der Waals surface area contributed by atoms with Gasteiger partial charge >= 0.3 is 0 Å². The SMILES string of the molecule is COc1ccc(NC(=O)COc2cc(CSc3nnnn3C)ncc2OC)c(OC)c1. The van der Waals surface area contributed by atoms with Crippen LogP contribution in [0.5, 0.6) is 23.0 Å². The van der Waals surface area contributed by atoms with Crippen molar-refractivity contribution < 1.29 is 23.7 Å². The van der Waals surface area contributed by atoms with Gasteiger partial charge in [-0.15, -0.1) is 5.10 Å². The minimum atomic E-state index is -0.358. The van der Waals surface area contributed by atoms with Gasteiger partial charge in [0, 0.05) is 24.9 Å². The van der Waals surface area contributed by atoms with Crippen LogP contribution in [0.3, 0.4) is 0 Å². The highest BCUT2D eigenvalue weighted by Crippen LogP contribution is 2.30. The Kier molecular flexibility index (Phi) is 7.49. The molecule has 0 atom stereocenters. The first-order valence-corrected chi connectivity index (χ1v) is 10.0. The van der Waals surface area contributed by atoms with E-state index in [2.05, 4.69) is 25.8 Å². The van der Waals surface area contributed by atoms with Crippen LogP contribution in [-0.2, 0) is 17.6 Å². The number of aryl methyl sites for hydroxylation is 1. The standard InChI is InChI=1S/C19H22N6O5S/c1-25-19(22-23-24-25)31-11-12-7-16(17(29-4)9-20-12)30-10-18(26)21-14-6-5-13(27-2)8-15(14)28-3/h5-9H,10-11H2,1-4H3,(H,21,26). The maximum Gasteiger partial charge on any atom is 0.262 e. The summed E-state index contributed by atoms with van der Waals surface area (Å²) < 4.78 is 23.0. The number of rotatable bonds is 10.